The second-order valence-electron chi connectivity index (χ2n) is 9.26. The maximum absolute atomic E-state index is 6.21. The van der Waals surface area contributed by atoms with Gasteiger partial charge in [0.2, 0.25) is 0 Å². The summed E-state index contributed by atoms with van der Waals surface area (Å²) < 4.78 is 6.09. The molecule has 0 spiro atoms. The van der Waals surface area contributed by atoms with Crippen molar-refractivity contribution in [3.8, 4) is 5.75 Å². The van der Waals surface area contributed by atoms with Crippen molar-refractivity contribution < 1.29 is 4.74 Å². The van der Waals surface area contributed by atoms with Crippen molar-refractivity contribution >= 4 is 29.0 Å². The topological polar surface area (TPSA) is 33.6 Å². The predicted octanol–water partition coefficient (Wildman–Crippen LogP) is 7.45. The van der Waals surface area contributed by atoms with E-state index in [0.29, 0.717) is 22.6 Å². The number of rotatable bonds is 6. The van der Waals surface area contributed by atoms with Gasteiger partial charge >= 0.3 is 0 Å². The molecule has 3 aromatic rings. The van der Waals surface area contributed by atoms with Gasteiger partial charge in [0.05, 0.1) is 17.7 Å². The Balaban J connectivity index is 1.65. The molecule has 5 heteroatoms. The standard InChI is InChI=1S/C28H28Cl2N2O/c1-4-33-25-17-19(18-5-6-18)7-16-24(25)26-31-27(2,20-8-12-22(29)13-9-20)28(3,32-26)21-10-14-23(30)15-11-21/h7-18H,4-6H2,1-3H3,(H,31,32)/t27-,28-/m0/s1. The van der Waals surface area contributed by atoms with Crippen LogP contribution in [0.2, 0.25) is 10.0 Å². The fourth-order valence-corrected chi connectivity index (χ4v) is 5.05. The van der Waals surface area contributed by atoms with E-state index in [0.717, 1.165) is 28.3 Å². The third-order valence-corrected chi connectivity index (χ3v) is 7.62. The van der Waals surface area contributed by atoms with Crippen LogP contribution >= 0.6 is 23.2 Å². The molecule has 170 valence electrons. The monoisotopic (exact) mass is 478 g/mol. The fourth-order valence-electron chi connectivity index (χ4n) is 4.79. The summed E-state index contributed by atoms with van der Waals surface area (Å²) in [6, 6.07) is 22.5. The van der Waals surface area contributed by atoms with Crippen LogP contribution in [0.3, 0.4) is 0 Å². The number of hydrogen-bond donors (Lipinski definition) is 1. The Hall–Kier alpha value is -2.49. The Labute approximate surface area is 205 Å². The SMILES string of the molecule is CCOc1cc(C2CC2)ccc1C1=N[C@@](C)(c2ccc(Cl)cc2)[C@](C)(c2ccc(Cl)cc2)N1. The van der Waals surface area contributed by atoms with E-state index in [4.69, 9.17) is 32.9 Å². The number of nitrogens with zero attached hydrogens (tertiary/aromatic N) is 1. The third kappa shape index (κ3) is 3.92. The smallest absolute Gasteiger partial charge is 0.133 e. The van der Waals surface area contributed by atoms with Crippen LogP contribution in [0.1, 0.15) is 61.8 Å². The number of nitrogens with one attached hydrogen (secondary N) is 1. The first kappa shape index (κ1) is 22.3. The van der Waals surface area contributed by atoms with Gasteiger partial charge < -0.3 is 10.1 Å². The average molecular weight is 479 g/mol. The predicted molar refractivity (Wildman–Crippen MR) is 137 cm³/mol. The third-order valence-electron chi connectivity index (χ3n) is 7.11. The number of ether oxygens (including phenoxy) is 1. The summed E-state index contributed by atoms with van der Waals surface area (Å²) in [6.07, 6.45) is 2.51. The molecule has 33 heavy (non-hydrogen) atoms. The van der Waals surface area contributed by atoms with E-state index in [9.17, 15) is 0 Å². The van der Waals surface area contributed by atoms with E-state index in [-0.39, 0.29) is 0 Å². The van der Waals surface area contributed by atoms with Crippen molar-refractivity contribution in [2.75, 3.05) is 6.61 Å². The van der Waals surface area contributed by atoms with Crippen LogP contribution in [0, 0.1) is 0 Å². The molecular formula is C28H28Cl2N2O. The quantitative estimate of drug-likeness (QED) is 0.398. The van der Waals surface area contributed by atoms with Crippen LogP contribution in [0.25, 0.3) is 0 Å². The molecule has 1 aliphatic carbocycles. The lowest BCUT2D eigenvalue weighted by atomic mass is 9.72. The van der Waals surface area contributed by atoms with Crippen molar-refractivity contribution in [1.29, 1.82) is 0 Å². The molecule has 0 saturated heterocycles. The number of benzene rings is 3. The van der Waals surface area contributed by atoms with E-state index in [1.165, 1.54) is 18.4 Å². The largest absolute Gasteiger partial charge is 0.493 e. The summed E-state index contributed by atoms with van der Waals surface area (Å²) in [4.78, 5) is 5.32. The molecule has 3 aromatic carbocycles. The zero-order chi connectivity index (χ0) is 23.2. The van der Waals surface area contributed by atoms with Crippen LogP contribution in [0.4, 0.5) is 0 Å². The van der Waals surface area contributed by atoms with Crippen LogP contribution < -0.4 is 10.1 Å². The van der Waals surface area contributed by atoms with Gasteiger partial charge in [-0.25, -0.2) is 0 Å². The molecule has 5 rings (SSSR count). The molecule has 1 fully saturated rings. The summed E-state index contributed by atoms with van der Waals surface area (Å²) in [5.74, 6) is 2.37. The van der Waals surface area contributed by atoms with Gasteiger partial charge in [0.15, 0.2) is 0 Å². The van der Waals surface area contributed by atoms with Crippen LogP contribution in [0.15, 0.2) is 71.7 Å². The average Bonchev–Trinajstić information content (AvgIpc) is 3.61. The second-order valence-corrected chi connectivity index (χ2v) is 10.1. The number of hydrogen-bond acceptors (Lipinski definition) is 3. The Morgan fingerprint density at radius 3 is 2.09 bits per heavy atom. The molecule has 3 nitrogen and oxygen atoms in total. The second kappa shape index (κ2) is 8.38. The van der Waals surface area contributed by atoms with E-state index in [1.54, 1.807) is 0 Å². The van der Waals surface area contributed by atoms with Crippen molar-refractivity contribution in [3.63, 3.8) is 0 Å². The van der Waals surface area contributed by atoms with Crippen molar-refractivity contribution in [1.82, 2.24) is 5.32 Å². The molecular weight excluding hydrogens is 451 g/mol. The molecule has 1 N–H and O–H groups in total. The summed E-state index contributed by atoms with van der Waals surface area (Å²) in [5, 5.41) is 5.20. The van der Waals surface area contributed by atoms with Crippen LogP contribution in [-0.2, 0) is 11.1 Å². The first-order valence-electron chi connectivity index (χ1n) is 11.5. The molecule has 2 aliphatic rings. The first-order valence-corrected chi connectivity index (χ1v) is 12.3. The Kier molecular flexibility index (Phi) is 5.66. The number of amidine groups is 1. The molecule has 0 bridgehead atoms. The molecule has 2 atom stereocenters. The lowest BCUT2D eigenvalue weighted by molar-refractivity contribution is 0.268. The summed E-state index contributed by atoms with van der Waals surface area (Å²) in [5.41, 5.74) is 3.43. The van der Waals surface area contributed by atoms with Crippen LogP contribution in [-0.4, -0.2) is 12.4 Å². The Bertz CT molecular complexity index is 1200. The molecule has 1 saturated carbocycles. The van der Waals surface area contributed by atoms with Gasteiger partial charge in [-0.2, -0.15) is 0 Å². The molecule has 1 aliphatic heterocycles. The van der Waals surface area contributed by atoms with E-state index in [2.05, 4.69) is 61.6 Å². The summed E-state index contributed by atoms with van der Waals surface area (Å²) >= 11 is 12.4. The Morgan fingerprint density at radius 1 is 0.909 bits per heavy atom. The van der Waals surface area contributed by atoms with Crippen LogP contribution in [0.5, 0.6) is 5.75 Å². The fraction of sp³-hybridized carbons (Fsp3) is 0.321. The minimum absolute atomic E-state index is 0.514. The highest BCUT2D eigenvalue weighted by atomic mass is 35.5. The van der Waals surface area contributed by atoms with Crippen molar-refractivity contribution in [2.24, 2.45) is 4.99 Å². The minimum Gasteiger partial charge on any atom is -0.493 e. The highest BCUT2D eigenvalue weighted by Gasteiger charge is 2.52. The van der Waals surface area contributed by atoms with Gasteiger partial charge in [0.1, 0.15) is 17.1 Å². The number of aliphatic imine (C=N–C) groups is 1. The first-order chi connectivity index (χ1) is 15.8. The maximum Gasteiger partial charge on any atom is 0.133 e. The highest BCUT2D eigenvalue weighted by Crippen LogP contribution is 2.49. The molecule has 1 heterocycles. The normalized spacial score (nSPS) is 24.3. The minimum atomic E-state index is -0.584. The summed E-state index contributed by atoms with van der Waals surface area (Å²) in [7, 11) is 0. The molecule has 0 aromatic heterocycles. The lowest BCUT2D eigenvalue weighted by Gasteiger charge is -2.40. The highest BCUT2D eigenvalue weighted by molar-refractivity contribution is 6.30. The van der Waals surface area contributed by atoms with E-state index in [1.807, 2.05) is 31.2 Å². The van der Waals surface area contributed by atoms with Gasteiger partial charge in [0.25, 0.3) is 0 Å². The van der Waals surface area contributed by atoms with Crippen molar-refractivity contribution in [3.05, 3.63) is 99.0 Å². The summed E-state index contributed by atoms with van der Waals surface area (Å²) in [6.45, 7) is 6.99. The van der Waals surface area contributed by atoms with Gasteiger partial charge in [-0.3, -0.25) is 4.99 Å². The Morgan fingerprint density at radius 2 is 1.52 bits per heavy atom. The molecule has 0 amide bonds. The number of halogens is 2. The zero-order valence-corrected chi connectivity index (χ0v) is 20.7. The van der Waals surface area contributed by atoms with E-state index < -0.39 is 11.1 Å². The molecule has 0 unspecified atom stereocenters. The maximum atomic E-state index is 6.21. The van der Waals surface area contributed by atoms with Gasteiger partial charge in [0, 0.05) is 10.0 Å². The van der Waals surface area contributed by atoms with Crippen molar-refractivity contribution in [2.45, 2.75) is 50.6 Å². The molecule has 0 radical (unpaired) electrons. The zero-order valence-electron chi connectivity index (χ0n) is 19.2. The van der Waals surface area contributed by atoms with Gasteiger partial charge in [-0.05, 0) is 92.6 Å². The van der Waals surface area contributed by atoms with E-state index >= 15 is 0 Å². The van der Waals surface area contributed by atoms with Gasteiger partial charge in [-0.1, -0.05) is 53.5 Å². The lowest BCUT2D eigenvalue weighted by Crippen LogP contribution is -2.50. The van der Waals surface area contributed by atoms with Gasteiger partial charge in [-0.15, -0.1) is 0 Å².